The number of benzene rings is 2. The Morgan fingerprint density at radius 3 is 1.84 bits per heavy atom. The molecule has 0 aliphatic heterocycles. The number of esters is 2. The van der Waals surface area contributed by atoms with Crippen molar-refractivity contribution in [1.82, 2.24) is 0 Å². The smallest absolute Gasteiger partial charge is 0.343 e. The van der Waals surface area contributed by atoms with Gasteiger partial charge in [-0.15, -0.1) is 0 Å². The second-order valence-corrected chi connectivity index (χ2v) is 7.52. The van der Waals surface area contributed by atoms with Crippen LogP contribution < -0.4 is 14.2 Å². The Bertz CT molecular complexity index is 837. The number of hydrogen-bond acceptors (Lipinski definition) is 5. The second kappa shape index (κ2) is 13.3. The molecule has 166 valence electrons. The molecule has 5 heteroatoms. The van der Waals surface area contributed by atoms with E-state index < -0.39 is 11.9 Å². The molecule has 2 aromatic rings. The van der Waals surface area contributed by atoms with Gasteiger partial charge < -0.3 is 14.2 Å². The van der Waals surface area contributed by atoms with Gasteiger partial charge in [0.25, 0.3) is 0 Å². The number of carbonyl (C=O) groups is 2. The minimum atomic E-state index is -0.501. The van der Waals surface area contributed by atoms with Crippen molar-refractivity contribution >= 4 is 11.9 Å². The van der Waals surface area contributed by atoms with E-state index >= 15 is 0 Å². The van der Waals surface area contributed by atoms with Crippen molar-refractivity contribution in [2.24, 2.45) is 0 Å². The average molecular weight is 425 g/mol. The van der Waals surface area contributed by atoms with Crippen molar-refractivity contribution in [1.29, 1.82) is 0 Å². The van der Waals surface area contributed by atoms with Crippen molar-refractivity contribution in [2.75, 3.05) is 6.61 Å². The summed E-state index contributed by atoms with van der Waals surface area (Å²) in [6.45, 7) is 8.01. The van der Waals surface area contributed by atoms with Crippen LogP contribution in [0.5, 0.6) is 17.2 Å². The summed E-state index contributed by atoms with van der Waals surface area (Å²) in [5.41, 5.74) is 0.742. The summed E-state index contributed by atoms with van der Waals surface area (Å²) in [5, 5.41) is 0. The maximum absolute atomic E-state index is 12.3. The standard InChI is InChI=1S/C26H32O5/c1-4-5-6-7-8-9-10-19-29-22-13-11-21(12-14-22)26(28)31-24-17-15-23(16-18-24)30-25(27)20(2)3/h11-18H,2,4-10,19H2,1,3H3. The van der Waals surface area contributed by atoms with Gasteiger partial charge >= 0.3 is 11.9 Å². The van der Waals surface area contributed by atoms with Crippen LogP contribution in [0.2, 0.25) is 0 Å². The number of unbranched alkanes of at least 4 members (excludes halogenated alkanes) is 6. The Balaban J connectivity index is 1.74. The third-order valence-electron chi connectivity index (χ3n) is 4.70. The zero-order chi connectivity index (χ0) is 22.5. The molecule has 0 unspecified atom stereocenters. The monoisotopic (exact) mass is 424 g/mol. The van der Waals surface area contributed by atoms with Crippen LogP contribution in [0.15, 0.2) is 60.7 Å². The van der Waals surface area contributed by atoms with Gasteiger partial charge in [0.2, 0.25) is 0 Å². The second-order valence-electron chi connectivity index (χ2n) is 7.52. The van der Waals surface area contributed by atoms with Crippen LogP contribution in [0.25, 0.3) is 0 Å². The fraction of sp³-hybridized carbons (Fsp3) is 0.385. The molecular weight excluding hydrogens is 392 g/mol. The summed E-state index contributed by atoms with van der Waals surface area (Å²) < 4.78 is 16.2. The highest BCUT2D eigenvalue weighted by atomic mass is 16.5. The minimum Gasteiger partial charge on any atom is -0.494 e. The molecule has 5 nitrogen and oxygen atoms in total. The number of rotatable bonds is 13. The molecular formula is C26H32O5. The van der Waals surface area contributed by atoms with Crippen molar-refractivity contribution in [3.8, 4) is 17.2 Å². The summed E-state index contributed by atoms with van der Waals surface area (Å²) >= 11 is 0. The van der Waals surface area contributed by atoms with Gasteiger partial charge in [0, 0.05) is 5.57 Å². The molecule has 0 fully saturated rings. The van der Waals surface area contributed by atoms with Gasteiger partial charge in [-0.3, -0.25) is 0 Å². The number of carbonyl (C=O) groups excluding carboxylic acids is 2. The third kappa shape index (κ3) is 9.08. The highest BCUT2D eigenvalue weighted by molar-refractivity contribution is 5.91. The average Bonchev–Trinajstić information content (AvgIpc) is 2.77. The van der Waals surface area contributed by atoms with Gasteiger partial charge in [-0.1, -0.05) is 52.0 Å². The summed E-state index contributed by atoms with van der Waals surface area (Å²) in [7, 11) is 0. The van der Waals surface area contributed by atoms with Crippen LogP contribution in [0, 0.1) is 0 Å². The Labute approximate surface area is 185 Å². The maximum atomic E-state index is 12.3. The van der Waals surface area contributed by atoms with Gasteiger partial charge in [-0.05, 0) is 61.9 Å². The Morgan fingerprint density at radius 2 is 1.26 bits per heavy atom. The zero-order valence-electron chi connectivity index (χ0n) is 18.5. The predicted octanol–water partition coefficient (Wildman–Crippen LogP) is 6.52. The first-order chi connectivity index (χ1) is 15.0. The van der Waals surface area contributed by atoms with Crippen LogP contribution in [0.3, 0.4) is 0 Å². The van der Waals surface area contributed by atoms with E-state index in [4.69, 9.17) is 14.2 Å². The molecule has 0 spiro atoms. The topological polar surface area (TPSA) is 61.8 Å². The SMILES string of the molecule is C=C(C)C(=O)Oc1ccc(OC(=O)c2ccc(OCCCCCCCCC)cc2)cc1. The summed E-state index contributed by atoms with van der Waals surface area (Å²) in [6.07, 6.45) is 8.68. The van der Waals surface area contributed by atoms with Gasteiger partial charge in [-0.2, -0.15) is 0 Å². The van der Waals surface area contributed by atoms with Gasteiger partial charge in [0.15, 0.2) is 0 Å². The molecule has 0 saturated carbocycles. The lowest BCUT2D eigenvalue weighted by Crippen LogP contribution is -2.09. The fourth-order valence-electron chi connectivity index (χ4n) is 2.87. The van der Waals surface area contributed by atoms with Gasteiger partial charge in [0.1, 0.15) is 17.2 Å². The lowest BCUT2D eigenvalue weighted by atomic mass is 10.1. The highest BCUT2D eigenvalue weighted by Gasteiger charge is 2.10. The Hall–Kier alpha value is -3.08. The lowest BCUT2D eigenvalue weighted by Gasteiger charge is -2.08. The minimum absolute atomic E-state index is 0.310. The van der Waals surface area contributed by atoms with Gasteiger partial charge in [0.05, 0.1) is 12.2 Å². The first-order valence-corrected chi connectivity index (χ1v) is 10.9. The van der Waals surface area contributed by atoms with E-state index in [1.54, 1.807) is 55.5 Å². The van der Waals surface area contributed by atoms with Crippen LogP contribution in [0.4, 0.5) is 0 Å². The van der Waals surface area contributed by atoms with E-state index in [0.29, 0.717) is 29.2 Å². The largest absolute Gasteiger partial charge is 0.494 e. The number of hydrogen-bond donors (Lipinski definition) is 0. The van der Waals surface area contributed by atoms with E-state index in [-0.39, 0.29) is 0 Å². The number of ether oxygens (including phenoxy) is 3. The maximum Gasteiger partial charge on any atom is 0.343 e. The van der Waals surface area contributed by atoms with Crippen LogP contribution >= 0.6 is 0 Å². The molecule has 0 aliphatic rings. The molecule has 0 saturated heterocycles. The first kappa shape index (κ1) is 24.2. The van der Waals surface area contributed by atoms with E-state index in [9.17, 15) is 9.59 Å². The predicted molar refractivity (Wildman–Crippen MR) is 122 cm³/mol. The highest BCUT2D eigenvalue weighted by Crippen LogP contribution is 2.20. The molecule has 0 heterocycles. The molecule has 0 aromatic heterocycles. The lowest BCUT2D eigenvalue weighted by molar-refractivity contribution is -0.130. The zero-order valence-corrected chi connectivity index (χ0v) is 18.5. The Morgan fingerprint density at radius 1 is 0.742 bits per heavy atom. The van der Waals surface area contributed by atoms with Crippen LogP contribution in [-0.4, -0.2) is 18.5 Å². The summed E-state index contributed by atoms with van der Waals surface area (Å²) in [5.74, 6) is 0.491. The molecule has 0 bridgehead atoms. The Kier molecular flexibility index (Phi) is 10.4. The molecule has 2 aromatic carbocycles. The van der Waals surface area contributed by atoms with Crippen molar-refractivity contribution < 1.29 is 23.8 Å². The molecule has 0 amide bonds. The molecule has 0 atom stereocenters. The van der Waals surface area contributed by atoms with E-state index in [1.165, 1.54) is 38.5 Å². The van der Waals surface area contributed by atoms with E-state index in [2.05, 4.69) is 13.5 Å². The van der Waals surface area contributed by atoms with Crippen molar-refractivity contribution in [2.45, 2.75) is 58.8 Å². The molecule has 2 rings (SSSR count). The fourth-order valence-corrected chi connectivity index (χ4v) is 2.87. The van der Waals surface area contributed by atoms with Crippen molar-refractivity contribution in [3.05, 3.63) is 66.2 Å². The third-order valence-corrected chi connectivity index (χ3v) is 4.70. The van der Waals surface area contributed by atoms with Crippen LogP contribution in [0.1, 0.15) is 69.2 Å². The molecule has 0 N–H and O–H groups in total. The quantitative estimate of drug-likeness (QED) is 0.159. The summed E-state index contributed by atoms with van der Waals surface area (Å²) in [4.78, 5) is 23.8. The summed E-state index contributed by atoms with van der Waals surface area (Å²) in [6, 6.07) is 13.2. The molecule has 31 heavy (non-hydrogen) atoms. The van der Waals surface area contributed by atoms with E-state index in [1.807, 2.05) is 0 Å². The molecule has 0 aliphatic carbocycles. The normalized spacial score (nSPS) is 10.4. The van der Waals surface area contributed by atoms with E-state index in [0.717, 1.165) is 12.2 Å². The molecule has 0 radical (unpaired) electrons. The first-order valence-electron chi connectivity index (χ1n) is 10.9. The van der Waals surface area contributed by atoms with Crippen molar-refractivity contribution in [3.63, 3.8) is 0 Å². The van der Waals surface area contributed by atoms with Gasteiger partial charge in [-0.25, -0.2) is 9.59 Å². The van der Waals surface area contributed by atoms with Crippen LogP contribution in [-0.2, 0) is 4.79 Å².